The third-order valence-electron chi connectivity index (χ3n) is 10.4. The number of nitrogens with one attached hydrogen (secondary N) is 4. The number of H-pyrrole nitrogens is 2. The average molecular weight is 769 g/mol. The summed E-state index contributed by atoms with van der Waals surface area (Å²) in [6.45, 7) is 11.3. The predicted octanol–water partition coefficient (Wildman–Crippen LogP) is 6.19. The van der Waals surface area contributed by atoms with Crippen molar-refractivity contribution in [3.05, 3.63) is 66.0 Å². The van der Waals surface area contributed by atoms with Crippen LogP contribution in [-0.4, -0.2) is 93.1 Å². The van der Waals surface area contributed by atoms with Crippen LogP contribution >= 0.6 is 0 Å². The van der Waals surface area contributed by atoms with Gasteiger partial charge in [-0.05, 0) is 66.0 Å². The number of aromatic nitrogens is 4. The molecule has 2 aliphatic rings. The SMILES string of the molecule is CCCN(Cc1ncc(-c2ccc3c(c2)OCc2cc(-c4cnc([C@@H]5CCCN5C(=O)[C@@H](NC(=O)OC)C(C)C)[nH]4)ccc2-3)[nH]1)C(=O)[C@@H](NC(=O)OC)C(C)C. The molecular weight excluding hydrogens is 716 g/mol. The third-order valence-corrected chi connectivity index (χ3v) is 10.4. The Hall–Kier alpha value is -5.86. The van der Waals surface area contributed by atoms with Crippen LogP contribution < -0.4 is 15.4 Å². The van der Waals surface area contributed by atoms with Crippen molar-refractivity contribution in [1.82, 2.24) is 40.4 Å². The fourth-order valence-electron chi connectivity index (χ4n) is 7.38. The van der Waals surface area contributed by atoms with Crippen LogP contribution in [0.15, 0.2) is 48.8 Å². The van der Waals surface area contributed by atoms with Gasteiger partial charge in [-0.2, -0.15) is 0 Å². The van der Waals surface area contributed by atoms with E-state index in [0.29, 0.717) is 31.3 Å². The van der Waals surface area contributed by atoms with E-state index >= 15 is 0 Å². The molecule has 15 nitrogen and oxygen atoms in total. The number of imidazole rings is 2. The molecule has 4 amide bonds. The number of methoxy groups -OCH3 is 2. The molecule has 1 saturated heterocycles. The number of nitrogens with zero attached hydrogens (tertiary/aromatic N) is 4. The van der Waals surface area contributed by atoms with Crippen LogP contribution in [0.1, 0.15) is 77.1 Å². The normalized spacial score (nSPS) is 15.7. The molecule has 0 bridgehead atoms. The first-order valence-corrected chi connectivity index (χ1v) is 19.2. The van der Waals surface area contributed by atoms with E-state index in [1.54, 1.807) is 22.2 Å². The van der Waals surface area contributed by atoms with Gasteiger partial charge in [-0.15, -0.1) is 0 Å². The van der Waals surface area contributed by atoms with E-state index in [0.717, 1.165) is 64.2 Å². The largest absolute Gasteiger partial charge is 0.488 e. The molecule has 2 aliphatic heterocycles. The van der Waals surface area contributed by atoms with Crippen molar-refractivity contribution >= 4 is 24.0 Å². The van der Waals surface area contributed by atoms with Crippen LogP contribution in [0, 0.1) is 11.8 Å². The summed E-state index contributed by atoms with van der Waals surface area (Å²) >= 11 is 0. The minimum Gasteiger partial charge on any atom is -0.488 e. The number of carbonyl (C=O) groups is 4. The van der Waals surface area contributed by atoms with Crippen LogP contribution in [0.25, 0.3) is 33.6 Å². The molecule has 3 atom stereocenters. The van der Waals surface area contributed by atoms with Gasteiger partial charge in [-0.25, -0.2) is 19.6 Å². The van der Waals surface area contributed by atoms with Gasteiger partial charge in [0.1, 0.15) is 36.1 Å². The molecule has 1 fully saturated rings. The van der Waals surface area contributed by atoms with Crippen LogP contribution in [0.3, 0.4) is 0 Å². The zero-order valence-corrected chi connectivity index (χ0v) is 33.1. The van der Waals surface area contributed by atoms with Crippen LogP contribution in [-0.2, 0) is 32.2 Å². The lowest BCUT2D eigenvalue weighted by Crippen LogP contribution is -2.51. The van der Waals surface area contributed by atoms with E-state index in [2.05, 4.69) is 43.8 Å². The number of likely N-dealkylation sites (tertiary alicyclic amines) is 1. The number of alkyl carbamates (subject to hydrolysis) is 2. The molecule has 0 unspecified atom stereocenters. The molecule has 0 spiro atoms. The number of amides is 4. The highest BCUT2D eigenvalue weighted by Crippen LogP contribution is 2.41. The standard InChI is InChI=1S/C41H52N8O7/c1-8-15-48(38(50)35(23(2)3)46-40(52)54-6)21-34-42-19-30(44-34)26-12-14-29-28-13-11-25(17-27(28)22-56-33(29)18-26)31-20-43-37(45-31)32-10-9-16-49(32)39(51)36(24(4)5)47-41(53)55-7/h11-14,17-20,23-24,32,35-36H,8-10,15-16,21-22H2,1-7H3,(H,42,44)(H,43,45)(H,46,52)(H,47,53)/t32-,35-,36-/m0/s1. The second kappa shape index (κ2) is 17.3. The number of fused-ring (bicyclic) bond motifs is 3. The van der Waals surface area contributed by atoms with Crippen LogP contribution in [0.4, 0.5) is 9.59 Å². The number of benzene rings is 2. The molecule has 4 heterocycles. The minimum atomic E-state index is -0.723. The van der Waals surface area contributed by atoms with Gasteiger partial charge in [0.15, 0.2) is 0 Å². The van der Waals surface area contributed by atoms with E-state index in [9.17, 15) is 19.2 Å². The Balaban J connectivity index is 1.15. The van der Waals surface area contributed by atoms with E-state index < -0.39 is 24.3 Å². The van der Waals surface area contributed by atoms with Gasteiger partial charge >= 0.3 is 12.2 Å². The van der Waals surface area contributed by atoms with Gasteiger partial charge in [-0.3, -0.25) is 9.59 Å². The van der Waals surface area contributed by atoms with Crippen molar-refractivity contribution in [2.75, 3.05) is 27.3 Å². The quantitative estimate of drug-likeness (QED) is 0.123. The minimum absolute atomic E-state index is 0.115. The zero-order valence-electron chi connectivity index (χ0n) is 33.1. The third kappa shape index (κ3) is 8.51. The Bertz CT molecular complexity index is 2060. The van der Waals surface area contributed by atoms with Crippen LogP contribution in [0.5, 0.6) is 5.75 Å². The average Bonchev–Trinajstić information content (AvgIpc) is 3.99. The molecule has 4 aromatic rings. The van der Waals surface area contributed by atoms with Gasteiger partial charge in [-0.1, -0.05) is 52.8 Å². The number of aromatic amines is 2. The van der Waals surface area contributed by atoms with Gasteiger partial charge in [0.2, 0.25) is 11.8 Å². The Kier molecular flexibility index (Phi) is 12.3. The molecular formula is C41H52N8O7. The molecule has 15 heteroatoms. The fraction of sp³-hybridized carbons (Fsp3) is 0.463. The maximum absolute atomic E-state index is 13.6. The smallest absolute Gasteiger partial charge is 0.407 e. The highest BCUT2D eigenvalue weighted by molar-refractivity contribution is 5.87. The summed E-state index contributed by atoms with van der Waals surface area (Å²) in [7, 11) is 2.56. The van der Waals surface area contributed by atoms with Crippen molar-refractivity contribution in [3.63, 3.8) is 0 Å². The topological polar surface area (TPSA) is 184 Å². The molecule has 4 N–H and O–H groups in total. The van der Waals surface area contributed by atoms with E-state index in [1.165, 1.54) is 14.2 Å². The molecule has 56 heavy (non-hydrogen) atoms. The van der Waals surface area contributed by atoms with Gasteiger partial charge < -0.3 is 44.6 Å². The van der Waals surface area contributed by atoms with Crippen molar-refractivity contribution in [2.45, 2.75) is 85.2 Å². The van der Waals surface area contributed by atoms with Crippen LogP contribution in [0.2, 0.25) is 0 Å². The lowest BCUT2D eigenvalue weighted by Gasteiger charge is -2.30. The lowest BCUT2D eigenvalue weighted by atomic mass is 9.93. The Morgan fingerprint density at radius 1 is 0.893 bits per heavy atom. The Morgan fingerprint density at radius 3 is 2.21 bits per heavy atom. The van der Waals surface area contributed by atoms with Crippen molar-refractivity contribution in [2.24, 2.45) is 11.8 Å². The van der Waals surface area contributed by atoms with Crippen molar-refractivity contribution in [3.8, 4) is 39.4 Å². The fourth-order valence-corrected chi connectivity index (χ4v) is 7.38. The van der Waals surface area contributed by atoms with E-state index in [1.807, 2.05) is 52.8 Å². The monoisotopic (exact) mass is 768 g/mol. The number of rotatable bonds is 13. The maximum Gasteiger partial charge on any atom is 0.407 e. The first-order valence-electron chi connectivity index (χ1n) is 19.2. The Morgan fingerprint density at radius 2 is 1.54 bits per heavy atom. The molecule has 298 valence electrons. The first kappa shape index (κ1) is 39.8. The number of carbonyl (C=O) groups excluding carboxylic acids is 4. The molecule has 2 aromatic carbocycles. The second-order valence-corrected chi connectivity index (χ2v) is 15.0. The summed E-state index contributed by atoms with van der Waals surface area (Å²) in [6, 6.07) is 10.7. The lowest BCUT2D eigenvalue weighted by molar-refractivity contribution is -0.136. The molecule has 6 rings (SSSR count). The number of ether oxygens (including phenoxy) is 3. The highest BCUT2D eigenvalue weighted by atomic mass is 16.5. The summed E-state index contributed by atoms with van der Waals surface area (Å²) in [4.78, 5) is 70.6. The van der Waals surface area contributed by atoms with Crippen molar-refractivity contribution in [1.29, 1.82) is 0 Å². The summed E-state index contributed by atoms with van der Waals surface area (Å²) in [5.74, 6) is 1.50. The summed E-state index contributed by atoms with van der Waals surface area (Å²) in [5.41, 5.74) is 6.57. The summed E-state index contributed by atoms with van der Waals surface area (Å²) in [6.07, 6.45) is 4.63. The molecule has 0 radical (unpaired) electrons. The summed E-state index contributed by atoms with van der Waals surface area (Å²) in [5, 5.41) is 5.37. The van der Waals surface area contributed by atoms with E-state index in [-0.39, 0.29) is 36.2 Å². The number of hydrogen-bond donors (Lipinski definition) is 4. The molecule has 2 aromatic heterocycles. The van der Waals surface area contributed by atoms with Gasteiger partial charge in [0.05, 0.1) is 50.6 Å². The number of hydrogen-bond acceptors (Lipinski definition) is 9. The first-order chi connectivity index (χ1) is 26.9. The molecule has 0 saturated carbocycles. The summed E-state index contributed by atoms with van der Waals surface area (Å²) < 4.78 is 15.8. The maximum atomic E-state index is 13.6. The zero-order chi connectivity index (χ0) is 40.1. The Labute approximate surface area is 326 Å². The second-order valence-electron chi connectivity index (χ2n) is 15.0. The van der Waals surface area contributed by atoms with Crippen molar-refractivity contribution < 1.29 is 33.4 Å². The van der Waals surface area contributed by atoms with Gasteiger partial charge in [0, 0.05) is 24.2 Å². The highest BCUT2D eigenvalue weighted by Gasteiger charge is 2.37. The van der Waals surface area contributed by atoms with E-state index in [4.69, 9.17) is 19.2 Å². The molecule has 0 aliphatic carbocycles. The van der Waals surface area contributed by atoms with Gasteiger partial charge in [0.25, 0.3) is 0 Å². The predicted molar refractivity (Wildman–Crippen MR) is 209 cm³/mol.